The Morgan fingerprint density at radius 3 is 2.35 bits per heavy atom. The second kappa shape index (κ2) is 15.3. The number of piperidine rings is 1. The van der Waals surface area contributed by atoms with Crippen LogP contribution >= 0.6 is 11.6 Å². The number of methoxy groups -OCH3 is 1. The highest BCUT2D eigenvalue weighted by Crippen LogP contribution is 2.46. The van der Waals surface area contributed by atoms with E-state index in [4.69, 9.17) is 21.1 Å². The van der Waals surface area contributed by atoms with Gasteiger partial charge in [-0.15, -0.1) is 0 Å². The Morgan fingerprint density at radius 1 is 0.977 bits per heavy atom. The number of hydrogen-bond acceptors (Lipinski definition) is 5. The highest BCUT2D eigenvalue weighted by Gasteiger charge is 2.53. The molecule has 2 amide bonds. The molecule has 2 aromatic carbocycles. The van der Waals surface area contributed by atoms with Crippen LogP contribution in [0.4, 0.5) is 0 Å². The van der Waals surface area contributed by atoms with Crippen molar-refractivity contribution in [2.24, 2.45) is 17.8 Å². The van der Waals surface area contributed by atoms with Gasteiger partial charge in [0, 0.05) is 40.5 Å². The van der Waals surface area contributed by atoms with Gasteiger partial charge in [-0.1, -0.05) is 64.6 Å². The lowest BCUT2D eigenvalue weighted by atomic mass is 9.65. The van der Waals surface area contributed by atoms with Crippen LogP contribution in [0.25, 0.3) is 0 Å². The molecular weight excluding hydrogens is 562 g/mol. The van der Waals surface area contributed by atoms with Crippen LogP contribution < -0.4 is 25.4 Å². The number of carbonyl (C=O) groups is 2. The van der Waals surface area contributed by atoms with Gasteiger partial charge in [-0.2, -0.15) is 0 Å². The summed E-state index contributed by atoms with van der Waals surface area (Å²) >= 11 is 6.09. The fourth-order valence-corrected chi connectivity index (χ4v) is 7.69. The second-order valence-electron chi connectivity index (χ2n) is 12.2. The summed E-state index contributed by atoms with van der Waals surface area (Å²) in [6, 6.07) is 12.4. The minimum atomic E-state index is -0.772. The molecule has 2 aliphatic rings. The lowest BCUT2D eigenvalue weighted by molar-refractivity contribution is -0.129. The van der Waals surface area contributed by atoms with Gasteiger partial charge in [0.2, 0.25) is 5.91 Å². The summed E-state index contributed by atoms with van der Waals surface area (Å²) in [4.78, 5) is 27.7. The molecule has 2 heterocycles. The third kappa shape index (κ3) is 7.31. The molecule has 6 unspecified atom stereocenters. The maximum absolute atomic E-state index is 14.2. The number of rotatable bonds is 12. The van der Waals surface area contributed by atoms with Gasteiger partial charge in [-0.3, -0.25) is 9.59 Å². The van der Waals surface area contributed by atoms with E-state index in [2.05, 4.69) is 50.6 Å². The number of unbranched alkanes of at least 4 members (excludes halogenated alkanes) is 1. The Labute approximate surface area is 262 Å². The third-order valence-electron chi connectivity index (χ3n) is 9.59. The van der Waals surface area contributed by atoms with Crippen molar-refractivity contribution in [2.75, 3.05) is 13.7 Å². The smallest absolute Gasteiger partial charge is 0.251 e. The maximum Gasteiger partial charge on any atom is 0.251 e. The summed E-state index contributed by atoms with van der Waals surface area (Å²) in [6.07, 6.45) is 6.31. The first-order chi connectivity index (χ1) is 20.8. The summed E-state index contributed by atoms with van der Waals surface area (Å²) in [6.45, 7) is 11.6. The summed E-state index contributed by atoms with van der Waals surface area (Å²) in [5, 5.41) is 11.2. The lowest BCUT2D eigenvalue weighted by Crippen LogP contribution is -2.65. The molecule has 0 spiro atoms. The average molecular weight is 612 g/mol. The van der Waals surface area contributed by atoms with E-state index in [9.17, 15) is 9.59 Å². The average Bonchev–Trinajstić information content (AvgIpc) is 3.12. The highest BCUT2D eigenvalue weighted by molar-refractivity contribution is 6.30. The Kier molecular flexibility index (Phi) is 11.8. The highest BCUT2D eigenvalue weighted by atomic mass is 35.5. The molecule has 0 saturated carbocycles. The van der Waals surface area contributed by atoms with Crippen LogP contribution in [0.3, 0.4) is 0 Å². The maximum atomic E-state index is 14.2. The first kappa shape index (κ1) is 33.1. The number of halogens is 1. The first-order valence-corrected chi connectivity index (χ1v) is 16.6. The number of benzene rings is 2. The van der Waals surface area contributed by atoms with Crippen molar-refractivity contribution in [3.05, 3.63) is 58.6 Å². The van der Waals surface area contributed by atoms with Gasteiger partial charge in [0.25, 0.3) is 5.91 Å². The van der Waals surface area contributed by atoms with Crippen LogP contribution in [0.1, 0.15) is 95.0 Å². The zero-order valence-corrected chi connectivity index (χ0v) is 27.4. The number of amides is 2. The summed E-state index contributed by atoms with van der Waals surface area (Å²) in [5.74, 6) is 1.37. The summed E-state index contributed by atoms with van der Waals surface area (Å²) in [5.41, 5.74) is 1.42. The van der Waals surface area contributed by atoms with E-state index in [1.165, 1.54) is 6.42 Å². The van der Waals surface area contributed by atoms with Crippen LogP contribution in [-0.2, 0) is 4.79 Å². The molecule has 4 rings (SSSR count). The minimum absolute atomic E-state index is 0.0331. The van der Waals surface area contributed by atoms with Crippen LogP contribution in [0.15, 0.2) is 42.5 Å². The fraction of sp³-hybridized carbons (Fsp3) is 0.600. The molecule has 0 aliphatic carbocycles. The molecule has 0 radical (unpaired) electrons. The molecule has 0 bridgehead atoms. The first-order valence-electron chi connectivity index (χ1n) is 16.2. The number of fused-ring (bicyclic) bond motifs is 1. The van der Waals surface area contributed by atoms with Gasteiger partial charge in [0.1, 0.15) is 6.04 Å². The van der Waals surface area contributed by atoms with E-state index in [1.54, 1.807) is 31.4 Å². The van der Waals surface area contributed by atoms with E-state index in [0.29, 0.717) is 46.6 Å². The molecule has 2 saturated heterocycles. The normalized spacial score (nSPS) is 28.8. The molecular formula is C35H50ClN3O4. The number of hydrogen-bond donors (Lipinski definition) is 3. The van der Waals surface area contributed by atoms with Crippen molar-refractivity contribution < 1.29 is 19.1 Å². The molecule has 8 atom stereocenters. The molecule has 3 N–H and O–H groups in total. The van der Waals surface area contributed by atoms with Crippen LogP contribution in [-0.4, -0.2) is 49.7 Å². The fourth-order valence-electron chi connectivity index (χ4n) is 7.56. The Balaban J connectivity index is 1.83. The molecule has 2 aliphatic heterocycles. The molecule has 236 valence electrons. The van der Waals surface area contributed by atoms with E-state index < -0.39 is 6.04 Å². The van der Waals surface area contributed by atoms with Gasteiger partial charge in [0.15, 0.2) is 11.5 Å². The van der Waals surface area contributed by atoms with Gasteiger partial charge < -0.3 is 25.4 Å². The number of ether oxygens (including phenoxy) is 2. The van der Waals surface area contributed by atoms with Crippen LogP contribution in [0, 0.1) is 17.8 Å². The zero-order chi connectivity index (χ0) is 31.1. The summed E-state index contributed by atoms with van der Waals surface area (Å²) < 4.78 is 11.7. The van der Waals surface area contributed by atoms with Gasteiger partial charge in [-0.05, 0) is 80.0 Å². The van der Waals surface area contributed by atoms with Crippen molar-refractivity contribution in [3.63, 3.8) is 0 Å². The Bertz CT molecular complexity index is 1220. The molecule has 0 aromatic heterocycles. The van der Waals surface area contributed by atoms with Crippen LogP contribution in [0.5, 0.6) is 11.5 Å². The SMILES string of the molecule is CCCCC1C(CC)NC(C)C2C(NC(=O)[C@@H](NC(=O)c3ccc(Cl)cc3)[C@@H]2c2ccc(OC)c(OCCC)c2)C1CC. The predicted molar refractivity (Wildman–Crippen MR) is 173 cm³/mol. The Hall–Kier alpha value is -2.77. The van der Waals surface area contributed by atoms with Crippen molar-refractivity contribution in [1.29, 1.82) is 0 Å². The van der Waals surface area contributed by atoms with E-state index in [-0.39, 0.29) is 35.7 Å². The molecule has 7 nitrogen and oxygen atoms in total. The van der Waals surface area contributed by atoms with Crippen molar-refractivity contribution in [3.8, 4) is 11.5 Å². The molecule has 2 aromatic rings. The number of carbonyl (C=O) groups excluding carboxylic acids is 2. The van der Waals surface area contributed by atoms with E-state index in [0.717, 1.165) is 37.7 Å². The number of nitrogens with one attached hydrogen (secondary N) is 3. The van der Waals surface area contributed by atoms with E-state index in [1.807, 2.05) is 18.2 Å². The van der Waals surface area contributed by atoms with Crippen molar-refractivity contribution >= 4 is 23.4 Å². The zero-order valence-electron chi connectivity index (χ0n) is 26.6. The van der Waals surface area contributed by atoms with E-state index >= 15 is 0 Å². The van der Waals surface area contributed by atoms with Gasteiger partial charge in [0.05, 0.1) is 13.7 Å². The largest absolute Gasteiger partial charge is 0.493 e. The van der Waals surface area contributed by atoms with Crippen LogP contribution in [0.2, 0.25) is 5.02 Å². The standard InChI is InChI=1S/C35H50ClN3O4/c1-7-11-12-26-25(9-3)32-30(21(5)37-27(26)10-4)31(23-15-18-28(42-6)29(20-23)43-19-8-2)33(35(41)38-32)39-34(40)22-13-16-24(36)17-14-22/h13-18,20-21,25-27,30-33,37H,7-12,19H2,1-6H3,(H,38,41)(H,39,40)/t21?,25?,26?,27?,30?,31-,32?,33+/m1/s1. The van der Waals surface area contributed by atoms with Gasteiger partial charge >= 0.3 is 0 Å². The third-order valence-corrected chi connectivity index (χ3v) is 9.84. The Morgan fingerprint density at radius 2 is 1.72 bits per heavy atom. The lowest BCUT2D eigenvalue weighted by Gasteiger charge is -2.48. The minimum Gasteiger partial charge on any atom is -0.493 e. The topological polar surface area (TPSA) is 88.7 Å². The molecule has 8 heteroatoms. The van der Waals surface area contributed by atoms with Crippen molar-refractivity contribution in [2.45, 2.75) is 103 Å². The summed E-state index contributed by atoms with van der Waals surface area (Å²) in [7, 11) is 1.64. The quantitative estimate of drug-likeness (QED) is 0.247. The van der Waals surface area contributed by atoms with Gasteiger partial charge in [-0.25, -0.2) is 0 Å². The second-order valence-corrected chi connectivity index (χ2v) is 12.6. The predicted octanol–water partition coefficient (Wildman–Crippen LogP) is 6.74. The molecule has 2 fully saturated rings. The van der Waals surface area contributed by atoms with Crippen molar-refractivity contribution in [1.82, 2.24) is 16.0 Å². The monoisotopic (exact) mass is 611 g/mol. The molecule has 43 heavy (non-hydrogen) atoms.